The molecule has 0 atom stereocenters. The summed E-state index contributed by atoms with van der Waals surface area (Å²) in [6.07, 6.45) is 0. The maximum Gasteiger partial charge on any atom is 0.345 e. The number of rotatable bonds is 4. The second-order valence-electron chi connectivity index (χ2n) is 15.8. The van der Waals surface area contributed by atoms with Crippen molar-refractivity contribution in [1.82, 2.24) is 9.13 Å². The summed E-state index contributed by atoms with van der Waals surface area (Å²) in [5.74, 6) is 0. The first-order valence-electron chi connectivity index (χ1n) is 18.9. The van der Waals surface area contributed by atoms with Gasteiger partial charge in [0, 0.05) is 35.9 Å². The van der Waals surface area contributed by atoms with Crippen LogP contribution in [0.25, 0.3) is 99.3 Å². The molecule has 272 valence electrons. The minimum Gasteiger partial charge on any atom is -0.422 e. The average molecular weight is 731 g/mol. The quantitative estimate of drug-likeness (QED) is 0.134. The molecule has 0 unspecified atom stereocenters. The van der Waals surface area contributed by atoms with E-state index in [-0.39, 0.29) is 16.7 Å². The second kappa shape index (κ2) is 12.3. The molecule has 0 amide bonds. The van der Waals surface area contributed by atoms with Crippen LogP contribution in [0.3, 0.4) is 0 Å². The molecule has 4 heterocycles. The van der Waals surface area contributed by atoms with Gasteiger partial charge in [0.05, 0.1) is 28.2 Å². The Morgan fingerprint density at radius 2 is 1.00 bits per heavy atom. The van der Waals surface area contributed by atoms with Crippen LogP contribution in [0.15, 0.2) is 158 Å². The number of hydrogen-bond donors (Lipinski definition) is 0. The van der Waals surface area contributed by atoms with Crippen LogP contribution in [0, 0.1) is 0 Å². The van der Waals surface area contributed by atoms with E-state index in [0.717, 1.165) is 77.0 Å². The number of fused-ring (bicyclic) bond motifs is 9. The summed E-state index contributed by atoms with van der Waals surface area (Å²) in [5.41, 5.74) is 8.33. The van der Waals surface area contributed by atoms with E-state index in [1.807, 2.05) is 105 Å². The van der Waals surface area contributed by atoms with Crippen LogP contribution in [0.4, 0.5) is 0 Å². The van der Waals surface area contributed by atoms with Crippen LogP contribution in [0.2, 0.25) is 0 Å². The van der Waals surface area contributed by atoms with Gasteiger partial charge in [0.2, 0.25) is 0 Å². The number of benzene rings is 6. The first-order chi connectivity index (χ1) is 27.0. The van der Waals surface area contributed by atoms with Crippen LogP contribution in [-0.2, 0) is 19.5 Å². The molecule has 0 spiro atoms. The third-order valence-corrected chi connectivity index (χ3v) is 11.5. The van der Waals surface area contributed by atoms with Crippen LogP contribution in [0.5, 0.6) is 0 Å². The van der Waals surface area contributed by atoms with Crippen molar-refractivity contribution in [2.24, 2.45) is 14.1 Å². The number of aromatic nitrogens is 2. The van der Waals surface area contributed by atoms with Crippen molar-refractivity contribution in [3.8, 4) is 45.0 Å². The van der Waals surface area contributed by atoms with Crippen molar-refractivity contribution in [2.75, 3.05) is 0 Å². The SMILES string of the molecule is Cn1c(-c2ccc(-c3cc4c(ccc5cc(C(C)(C)C)ccc54)oc3=O)cc2)ccc1-c1ccc(-c2cc3c4ccccc4c4ccccc4c3oc2=O)n1C. The Balaban J connectivity index is 0.998. The average Bonchev–Trinajstić information content (AvgIpc) is 3.77. The lowest BCUT2D eigenvalue weighted by Gasteiger charge is -2.19. The summed E-state index contributed by atoms with van der Waals surface area (Å²) >= 11 is 0. The molecule has 0 N–H and O–H groups in total. The Labute approximate surface area is 322 Å². The van der Waals surface area contributed by atoms with E-state index in [1.54, 1.807) is 0 Å². The molecule has 6 aromatic carbocycles. The van der Waals surface area contributed by atoms with E-state index >= 15 is 0 Å². The molecule has 0 aliphatic carbocycles. The lowest BCUT2D eigenvalue weighted by Crippen LogP contribution is -2.10. The number of hydrogen-bond acceptors (Lipinski definition) is 4. The van der Waals surface area contributed by atoms with Crippen LogP contribution in [-0.4, -0.2) is 9.13 Å². The fraction of sp³-hybridized carbons (Fsp3) is 0.120. The van der Waals surface area contributed by atoms with E-state index in [0.29, 0.717) is 22.3 Å². The zero-order chi connectivity index (χ0) is 38.5. The van der Waals surface area contributed by atoms with Crippen LogP contribution < -0.4 is 11.3 Å². The Hall–Kier alpha value is -6.92. The Morgan fingerprint density at radius 3 is 1.70 bits per heavy atom. The van der Waals surface area contributed by atoms with E-state index in [1.165, 1.54) is 5.56 Å². The van der Waals surface area contributed by atoms with Gasteiger partial charge in [-0.25, -0.2) is 9.59 Å². The third kappa shape index (κ3) is 5.17. The minimum atomic E-state index is -0.373. The van der Waals surface area contributed by atoms with Crippen molar-refractivity contribution in [2.45, 2.75) is 26.2 Å². The van der Waals surface area contributed by atoms with E-state index in [2.05, 4.69) is 78.4 Å². The molecule has 10 rings (SSSR count). The van der Waals surface area contributed by atoms with Crippen molar-refractivity contribution in [1.29, 1.82) is 0 Å². The Bertz CT molecular complexity index is 3350. The summed E-state index contributed by atoms with van der Waals surface area (Å²) in [4.78, 5) is 26.9. The highest BCUT2D eigenvalue weighted by Crippen LogP contribution is 2.38. The summed E-state index contributed by atoms with van der Waals surface area (Å²) in [6, 6.07) is 47.0. The lowest BCUT2D eigenvalue weighted by atomic mass is 9.85. The van der Waals surface area contributed by atoms with E-state index in [4.69, 9.17) is 8.83 Å². The lowest BCUT2D eigenvalue weighted by molar-refractivity contribution is 0.564. The fourth-order valence-electron chi connectivity index (χ4n) is 8.43. The van der Waals surface area contributed by atoms with Crippen molar-refractivity contribution in [3.05, 3.63) is 166 Å². The smallest absolute Gasteiger partial charge is 0.345 e. The van der Waals surface area contributed by atoms with E-state index < -0.39 is 0 Å². The molecule has 0 aliphatic heterocycles. The van der Waals surface area contributed by atoms with Crippen molar-refractivity contribution >= 4 is 54.3 Å². The summed E-state index contributed by atoms with van der Waals surface area (Å²) in [5, 5.41) is 8.15. The summed E-state index contributed by atoms with van der Waals surface area (Å²) in [7, 11) is 4.02. The van der Waals surface area contributed by atoms with Crippen molar-refractivity contribution in [3.63, 3.8) is 0 Å². The standard InChI is InChI=1S/C50H38N2O4/c1-50(2,3)32-19-20-33-31(26-32)18-25-46-39(33)27-38(48(53)55-46)29-14-16-30(17-15-29)42-21-23-44(51(42)4)45-24-22-43(52(45)5)41-28-40-36-12-7-6-10-34(36)35-11-8-9-13-37(35)47(40)56-49(41)54/h6-28H,1-5H3. The van der Waals surface area contributed by atoms with Gasteiger partial charge in [-0.1, -0.05) is 118 Å². The van der Waals surface area contributed by atoms with Gasteiger partial charge in [-0.05, 0) is 91.5 Å². The van der Waals surface area contributed by atoms with Crippen LogP contribution in [0.1, 0.15) is 26.3 Å². The van der Waals surface area contributed by atoms with Gasteiger partial charge < -0.3 is 18.0 Å². The minimum absolute atomic E-state index is 0.0325. The molecule has 6 nitrogen and oxygen atoms in total. The van der Waals surface area contributed by atoms with Gasteiger partial charge in [0.15, 0.2) is 0 Å². The van der Waals surface area contributed by atoms with Gasteiger partial charge in [-0.3, -0.25) is 0 Å². The third-order valence-electron chi connectivity index (χ3n) is 11.5. The number of nitrogens with zero attached hydrogens (tertiary/aromatic N) is 2. The summed E-state index contributed by atoms with van der Waals surface area (Å²) < 4.78 is 16.2. The maximum atomic E-state index is 13.7. The molecule has 4 aromatic heterocycles. The highest BCUT2D eigenvalue weighted by atomic mass is 16.4. The monoisotopic (exact) mass is 730 g/mol. The predicted octanol–water partition coefficient (Wildman–Crippen LogP) is 12.0. The molecule has 10 aromatic rings. The molecule has 6 heteroatoms. The molecule has 0 saturated heterocycles. The highest BCUT2D eigenvalue weighted by Gasteiger charge is 2.20. The second-order valence-corrected chi connectivity index (χ2v) is 15.8. The molecule has 56 heavy (non-hydrogen) atoms. The van der Waals surface area contributed by atoms with Crippen LogP contribution >= 0.6 is 0 Å². The predicted molar refractivity (Wildman–Crippen MR) is 229 cm³/mol. The zero-order valence-corrected chi connectivity index (χ0v) is 31.8. The highest BCUT2D eigenvalue weighted by molar-refractivity contribution is 6.23. The zero-order valence-electron chi connectivity index (χ0n) is 31.8. The molecule has 0 aliphatic rings. The van der Waals surface area contributed by atoms with E-state index in [9.17, 15) is 9.59 Å². The fourth-order valence-corrected chi connectivity index (χ4v) is 8.43. The largest absolute Gasteiger partial charge is 0.422 e. The van der Waals surface area contributed by atoms with Gasteiger partial charge in [0.1, 0.15) is 11.2 Å². The topological polar surface area (TPSA) is 70.3 Å². The van der Waals surface area contributed by atoms with Gasteiger partial charge in [0.25, 0.3) is 0 Å². The Morgan fingerprint density at radius 1 is 0.446 bits per heavy atom. The van der Waals surface area contributed by atoms with Gasteiger partial charge in [-0.15, -0.1) is 0 Å². The molecule has 0 fully saturated rings. The first kappa shape index (κ1) is 33.6. The van der Waals surface area contributed by atoms with Gasteiger partial charge >= 0.3 is 11.3 Å². The van der Waals surface area contributed by atoms with Crippen molar-refractivity contribution < 1.29 is 8.83 Å². The van der Waals surface area contributed by atoms with Gasteiger partial charge in [-0.2, -0.15) is 0 Å². The first-order valence-corrected chi connectivity index (χ1v) is 18.9. The molecule has 0 bridgehead atoms. The molecular weight excluding hydrogens is 693 g/mol. The molecular formula is C50H38N2O4. The maximum absolute atomic E-state index is 13.7. The summed E-state index contributed by atoms with van der Waals surface area (Å²) in [6.45, 7) is 6.63. The Kier molecular flexibility index (Phi) is 7.39. The molecule has 0 radical (unpaired) electrons. The molecule has 0 saturated carbocycles. The normalized spacial score (nSPS) is 12.2.